The topological polar surface area (TPSA) is 52.6 Å². The monoisotopic (exact) mass is 196 g/mol. The summed E-state index contributed by atoms with van der Waals surface area (Å²) >= 11 is 0. The smallest absolute Gasteiger partial charge is 0.333 e. The molecule has 0 unspecified atom stereocenters. The van der Waals surface area contributed by atoms with Crippen molar-refractivity contribution >= 4 is 11.9 Å². The van der Waals surface area contributed by atoms with E-state index in [9.17, 15) is 9.59 Å². The molecule has 0 radical (unpaired) electrons. The molecule has 0 N–H and O–H groups in total. The van der Waals surface area contributed by atoms with Gasteiger partial charge in [0.1, 0.15) is 11.5 Å². The van der Waals surface area contributed by atoms with Gasteiger partial charge in [0.2, 0.25) is 0 Å². The number of esters is 2. The summed E-state index contributed by atoms with van der Waals surface area (Å²) in [7, 11) is 0. The van der Waals surface area contributed by atoms with Crippen LogP contribution < -0.4 is 0 Å². The van der Waals surface area contributed by atoms with Gasteiger partial charge in [-0.05, 0) is 13.3 Å². The molecular weight excluding hydrogens is 184 g/mol. The second-order valence-electron chi connectivity index (χ2n) is 3.87. The van der Waals surface area contributed by atoms with Crippen LogP contribution in [0.4, 0.5) is 0 Å². The lowest BCUT2D eigenvalue weighted by atomic mass is 9.74. The van der Waals surface area contributed by atoms with Crippen LogP contribution in [0.2, 0.25) is 0 Å². The molecule has 2 aliphatic heterocycles. The highest BCUT2D eigenvalue weighted by molar-refractivity contribution is 5.92. The predicted octanol–water partition coefficient (Wildman–Crippen LogP) is 0.811. The standard InChI is InChI=1S/C10H12O4/c1-6-5-10(3-4-13-9(10)12)7(2)14-8(6)11/h7H,1,3-5H2,2H3/t7-,10+/m0/s1. The summed E-state index contributed by atoms with van der Waals surface area (Å²) in [4.78, 5) is 22.7. The summed E-state index contributed by atoms with van der Waals surface area (Å²) in [6, 6.07) is 0. The van der Waals surface area contributed by atoms with Crippen molar-refractivity contribution in [3.8, 4) is 0 Å². The van der Waals surface area contributed by atoms with Crippen molar-refractivity contribution in [3.63, 3.8) is 0 Å². The molecule has 14 heavy (non-hydrogen) atoms. The number of carbonyl (C=O) groups excluding carboxylic acids is 2. The molecule has 0 aromatic carbocycles. The molecule has 2 rings (SSSR count). The van der Waals surface area contributed by atoms with Crippen molar-refractivity contribution in [2.75, 3.05) is 6.61 Å². The van der Waals surface area contributed by atoms with E-state index in [-0.39, 0.29) is 5.97 Å². The van der Waals surface area contributed by atoms with Crippen molar-refractivity contribution in [2.45, 2.75) is 25.9 Å². The number of cyclic esters (lactones) is 2. The van der Waals surface area contributed by atoms with E-state index in [2.05, 4.69) is 6.58 Å². The number of hydrogen-bond acceptors (Lipinski definition) is 4. The van der Waals surface area contributed by atoms with Gasteiger partial charge in [0.25, 0.3) is 0 Å². The van der Waals surface area contributed by atoms with E-state index in [0.29, 0.717) is 25.0 Å². The van der Waals surface area contributed by atoms with E-state index in [0.717, 1.165) is 0 Å². The second-order valence-corrected chi connectivity index (χ2v) is 3.87. The Kier molecular flexibility index (Phi) is 1.87. The molecule has 2 fully saturated rings. The molecule has 0 bridgehead atoms. The molecule has 0 amide bonds. The maximum Gasteiger partial charge on any atom is 0.333 e. The Morgan fingerprint density at radius 3 is 2.79 bits per heavy atom. The minimum Gasteiger partial charge on any atom is -0.465 e. The zero-order valence-electron chi connectivity index (χ0n) is 8.04. The van der Waals surface area contributed by atoms with Gasteiger partial charge in [0.05, 0.1) is 6.61 Å². The van der Waals surface area contributed by atoms with Gasteiger partial charge in [-0.1, -0.05) is 6.58 Å². The summed E-state index contributed by atoms with van der Waals surface area (Å²) in [6.45, 7) is 5.74. The Balaban J connectivity index is 2.31. The van der Waals surface area contributed by atoms with Crippen molar-refractivity contribution in [3.05, 3.63) is 12.2 Å². The van der Waals surface area contributed by atoms with Crippen molar-refractivity contribution < 1.29 is 19.1 Å². The van der Waals surface area contributed by atoms with Crippen LogP contribution in [0, 0.1) is 5.41 Å². The number of hydrogen-bond donors (Lipinski definition) is 0. The first kappa shape index (κ1) is 9.24. The van der Waals surface area contributed by atoms with E-state index in [1.54, 1.807) is 6.92 Å². The molecule has 0 aromatic heterocycles. The first-order chi connectivity index (χ1) is 6.56. The first-order valence-electron chi connectivity index (χ1n) is 4.62. The van der Waals surface area contributed by atoms with E-state index in [1.165, 1.54) is 0 Å². The van der Waals surface area contributed by atoms with Crippen LogP contribution in [-0.2, 0) is 19.1 Å². The van der Waals surface area contributed by atoms with Crippen LogP contribution in [0.25, 0.3) is 0 Å². The molecule has 0 aromatic rings. The quantitative estimate of drug-likeness (QED) is 0.425. The highest BCUT2D eigenvalue weighted by Crippen LogP contribution is 2.44. The van der Waals surface area contributed by atoms with Gasteiger partial charge < -0.3 is 9.47 Å². The fourth-order valence-corrected chi connectivity index (χ4v) is 2.05. The lowest BCUT2D eigenvalue weighted by molar-refractivity contribution is -0.166. The van der Waals surface area contributed by atoms with E-state index < -0.39 is 17.5 Å². The highest BCUT2D eigenvalue weighted by Gasteiger charge is 2.54. The second kappa shape index (κ2) is 2.83. The van der Waals surface area contributed by atoms with Crippen LogP contribution in [0.15, 0.2) is 12.2 Å². The molecule has 0 aliphatic carbocycles. The van der Waals surface area contributed by atoms with Crippen molar-refractivity contribution in [1.82, 2.24) is 0 Å². The van der Waals surface area contributed by atoms with E-state index >= 15 is 0 Å². The third-order valence-electron chi connectivity index (χ3n) is 3.07. The molecule has 1 spiro atoms. The third kappa shape index (κ3) is 1.06. The molecule has 2 aliphatic rings. The van der Waals surface area contributed by atoms with Crippen molar-refractivity contribution in [2.24, 2.45) is 5.41 Å². The summed E-state index contributed by atoms with van der Waals surface area (Å²) in [5.41, 5.74) is -0.299. The van der Waals surface area contributed by atoms with Gasteiger partial charge in [-0.3, -0.25) is 4.79 Å². The molecular formula is C10H12O4. The van der Waals surface area contributed by atoms with Crippen LogP contribution >= 0.6 is 0 Å². The average molecular weight is 196 g/mol. The summed E-state index contributed by atoms with van der Waals surface area (Å²) in [5, 5.41) is 0. The van der Waals surface area contributed by atoms with Gasteiger partial charge in [-0.25, -0.2) is 4.79 Å². The first-order valence-corrected chi connectivity index (χ1v) is 4.62. The Labute approximate surface area is 81.9 Å². The molecule has 4 nitrogen and oxygen atoms in total. The van der Waals surface area contributed by atoms with Gasteiger partial charge in [-0.15, -0.1) is 0 Å². The number of carbonyl (C=O) groups is 2. The minimum atomic E-state index is -0.662. The summed E-state index contributed by atoms with van der Waals surface area (Å²) < 4.78 is 10.00. The van der Waals surface area contributed by atoms with Crippen LogP contribution in [0.1, 0.15) is 19.8 Å². The predicted molar refractivity (Wildman–Crippen MR) is 47.3 cm³/mol. The lowest BCUT2D eigenvalue weighted by Crippen LogP contribution is -2.45. The summed E-state index contributed by atoms with van der Waals surface area (Å²) in [6.07, 6.45) is 0.570. The molecule has 76 valence electrons. The van der Waals surface area contributed by atoms with Gasteiger partial charge in [0.15, 0.2) is 0 Å². The fourth-order valence-electron chi connectivity index (χ4n) is 2.05. The average Bonchev–Trinajstić information content (AvgIpc) is 2.46. The number of ether oxygens (including phenoxy) is 2. The van der Waals surface area contributed by atoms with Gasteiger partial charge in [-0.2, -0.15) is 0 Å². The minimum absolute atomic E-state index is 0.265. The Hall–Kier alpha value is -1.32. The Morgan fingerprint density at radius 2 is 2.21 bits per heavy atom. The SMILES string of the molecule is C=C1C[C@]2(CCOC2=O)[C@H](C)OC1=O. The van der Waals surface area contributed by atoms with Gasteiger partial charge >= 0.3 is 11.9 Å². The maximum atomic E-state index is 11.6. The third-order valence-corrected chi connectivity index (χ3v) is 3.07. The van der Waals surface area contributed by atoms with E-state index in [1.807, 2.05) is 0 Å². The molecule has 4 heteroatoms. The van der Waals surface area contributed by atoms with Crippen LogP contribution in [0.5, 0.6) is 0 Å². The largest absolute Gasteiger partial charge is 0.465 e. The fraction of sp³-hybridized carbons (Fsp3) is 0.600. The zero-order chi connectivity index (χ0) is 10.3. The molecule has 2 atom stereocenters. The Bertz CT molecular complexity index is 320. The maximum absolute atomic E-state index is 11.6. The van der Waals surface area contributed by atoms with Crippen LogP contribution in [0.3, 0.4) is 0 Å². The normalized spacial score (nSPS) is 37.2. The zero-order valence-corrected chi connectivity index (χ0v) is 8.04. The summed E-state index contributed by atoms with van der Waals surface area (Å²) in [5.74, 6) is -0.665. The van der Waals surface area contributed by atoms with Gasteiger partial charge in [0, 0.05) is 12.0 Å². The van der Waals surface area contributed by atoms with Crippen LogP contribution in [-0.4, -0.2) is 24.6 Å². The lowest BCUT2D eigenvalue weighted by Gasteiger charge is -2.35. The van der Waals surface area contributed by atoms with E-state index in [4.69, 9.17) is 9.47 Å². The molecule has 2 heterocycles. The number of rotatable bonds is 0. The Morgan fingerprint density at radius 1 is 1.50 bits per heavy atom. The molecule has 0 saturated carbocycles. The van der Waals surface area contributed by atoms with Crippen molar-refractivity contribution in [1.29, 1.82) is 0 Å². The molecule has 2 saturated heterocycles. The highest BCUT2D eigenvalue weighted by atomic mass is 16.6.